The molecule has 0 aromatic rings. The van der Waals surface area contributed by atoms with Gasteiger partial charge in [0.1, 0.15) is 0 Å². The Kier molecular flexibility index (Phi) is 2.79. The summed E-state index contributed by atoms with van der Waals surface area (Å²) in [5, 5.41) is 8.82. The van der Waals surface area contributed by atoms with Crippen molar-refractivity contribution < 1.29 is 5.11 Å². The number of aliphatic hydroxyl groups excluding tert-OH is 1. The standard InChI is InChI=1S/C9H16O/c1-8(10)6-7-9-4-2-3-5-9/h9-10H,1-7H2. The Bertz CT molecular complexity index is 112. The van der Waals surface area contributed by atoms with Gasteiger partial charge in [0.25, 0.3) is 0 Å². The van der Waals surface area contributed by atoms with Crippen LogP contribution in [0.5, 0.6) is 0 Å². The molecule has 1 aliphatic rings. The maximum absolute atomic E-state index is 8.82. The van der Waals surface area contributed by atoms with E-state index in [-0.39, 0.29) is 0 Å². The second-order valence-electron chi connectivity index (χ2n) is 3.26. The number of aliphatic hydroxyl groups is 1. The summed E-state index contributed by atoms with van der Waals surface area (Å²) in [7, 11) is 0. The molecule has 58 valence electrons. The van der Waals surface area contributed by atoms with Crippen molar-refractivity contribution in [2.24, 2.45) is 5.92 Å². The minimum absolute atomic E-state index is 0.354. The van der Waals surface area contributed by atoms with Crippen molar-refractivity contribution >= 4 is 0 Å². The van der Waals surface area contributed by atoms with Gasteiger partial charge in [-0.05, 0) is 12.3 Å². The molecule has 0 aromatic carbocycles. The Morgan fingerprint density at radius 2 is 2.00 bits per heavy atom. The van der Waals surface area contributed by atoms with E-state index < -0.39 is 0 Å². The average molecular weight is 140 g/mol. The monoisotopic (exact) mass is 140 g/mol. The van der Waals surface area contributed by atoms with E-state index in [1.165, 1.54) is 25.7 Å². The fourth-order valence-corrected chi connectivity index (χ4v) is 1.67. The molecule has 10 heavy (non-hydrogen) atoms. The SMILES string of the molecule is C=C(O)CCC1CCCC1. The molecule has 1 nitrogen and oxygen atoms in total. The Hall–Kier alpha value is -0.460. The Morgan fingerprint density at radius 3 is 2.50 bits per heavy atom. The van der Waals surface area contributed by atoms with E-state index in [0.717, 1.165) is 18.8 Å². The lowest BCUT2D eigenvalue weighted by molar-refractivity contribution is 0.365. The number of hydrogen-bond donors (Lipinski definition) is 1. The average Bonchev–Trinajstić information content (AvgIpc) is 2.34. The van der Waals surface area contributed by atoms with Gasteiger partial charge >= 0.3 is 0 Å². The predicted molar refractivity (Wildman–Crippen MR) is 43.0 cm³/mol. The molecule has 0 saturated heterocycles. The maximum Gasteiger partial charge on any atom is 0.0851 e. The summed E-state index contributed by atoms with van der Waals surface area (Å²) >= 11 is 0. The van der Waals surface area contributed by atoms with Crippen molar-refractivity contribution in [2.75, 3.05) is 0 Å². The van der Waals surface area contributed by atoms with E-state index in [4.69, 9.17) is 5.11 Å². The summed E-state index contributed by atoms with van der Waals surface area (Å²) in [5.74, 6) is 1.23. The first kappa shape index (κ1) is 7.64. The summed E-state index contributed by atoms with van der Waals surface area (Å²) in [5.41, 5.74) is 0. The van der Waals surface area contributed by atoms with Gasteiger partial charge < -0.3 is 5.11 Å². The smallest absolute Gasteiger partial charge is 0.0851 e. The topological polar surface area (TPSA) is 20.2 Å². The van der Waals surface area contributed by atoms with Crippen molar-refractivity contribution in [2.45, 2.75) is 38.5 Å². The number of rotatable bonds is 3. The predicted octanol–water partition coefficient (Wildman–Crippen LogP) is 3.03. The van der Waals surface area contributed by atoms with Gasteiger partial charge in [0, 0.05) is 6.42 Å². The van der Waals surface area contributed by atoms with E-state index in [0.29, 0.717) is 5.76 Å². The van der Waals surface area contributed by atoms with Crippen LogP contribution in [0.15, 0.2) is 12.3 Å². The zero-order valence-electron chi connectivity index (χ0n) is 6.47. The third kappa shape index (κ3) is 2.42. The summed E-state index contributed by atoms with van der Waals surface area (Å²) in [6.07, 6.45) is 7.48. The van der Waals surface area contributed by atoms with Crippen LogP contribution >= 0.6 is 0 Å². The van der Waals surface area contributed by atoms with Gasteiger partial charge in [-0.3, -0.25) is 0 Å². The molecule has 1 fully saturated rings. The quantitative estimate of drug-likeness (QED) is 0.597. The maximum atomic E-state index is 8.82. The first-order valence-electron chi connectivity index (χ1n) is 4.16. The molecule has 0 aliphatic heterocycles. The van der Waals surface area contributed by atoms with Gasteiger partial charge in [-0.2, -0.15) is 0 Å². The van der Waals surface area contributed by atoms with E-state index in [9.17, 15) is 0 Å². The number of allylic oxidation sites excluding steroid dienone is 1. The van der Waals surface area contributed by atoms with Crippen LogP contribution in [0.3, 0.4) is 0 Å². The molecule has 1 aliphatic carbocycles. The second-order valence-corrected chi connectivity index (χ2v) is 3.26. The summed E-state index contributed by atoms with van der Waals surface area (Å²) in [6.45, 7) is 3.47. The van der Waals surface area contributed by atoms with E-state index in [1.54, 1.807) is 0 Å². The molecule has 1 N–H and O–H groups in total. The fourth-order valence-electron chi connectivity index (χ4n) is 1.67. The highest BCUT2D eigenvalue weighted by molar-refractivity contribution is 4.80. The lowest BCUT2D eigenvalue weighted by Crippen LogP contribution is -1.93. The van der Waals surface area contributed by atoms with Gasteiger partial charge in [0.05, 0.1) is 5.76 Å². The van der Waals surface area contributed by atoms with Gasteiger partial charge in [0.15, 0.2) is 0 Å². The minimum Gasteiger partial charge on any atom is -0.513 e. The molecule has 0 unspecified atom stereocenters. The van der Waals surface area contributed by atoms with Crippen LogP contribution in [0.4, 0.5) is 0 Å². The fraction of sp³-hybridized carbons (Fsp3) is 0.778. The summed E-state index contributed by atoms with van der Waals surface area (Å²) in [4.78, 5) is 0. The van der Waals surface area contributed by atoms with Gasteiger partial charge in [-0.15, -0.1) is 0 Å². The van der Waals surface area contributed by atoms with E-state index >= 15 is 0 Å². The minimum atomic E-state index is 0.354. The molecular weight excluding hydrogens is 124 g/mol. The van der Waals surface area contributed by atoms with Crippen LogP contribution in [0.25, 0.3) is 0 Å². The van der Waals surface area contributed by atoms with Gasteiger partial charge in [0.2, 0.25) is 0 Å². The molecular formula is C9H16O. The third-order valence-electron chi connectivity index (χ3n) is 2.32. The lowest BCUT2D eigenvalue weighted by atomic mass is 10.0. The largest absolute Gasteiger partial charge is 0.513 e. The van der Waals surface area contributed by atoms with Crippen molar-refractivity contribution in [3.8, 4) is 0 Å². The first-order valence-corrected chi connectivity index (χ1v) is 4.16. The molecule has 0 radical (unpaired) electrons. The molecule has 1 saturated carbocycles. The van der Waals surface area contributed by atoms with Crippen molar-refractivity contribution in [1.82, 2.24) is 0 Å². The third-order valence-corrected chi connectivity index (χ3v) is 2.32. The highest BCUT2D eigenvalue weighted by atomic mass is 16.3. The summed E-state index contributed by atoms with van der Waals surface area (Å²) in [6, 6.07) is 0. The highest BCUT2D eigenvalue weighted by Gasteiger charge is 2.14. The Balaban J connectivity index is 2.07. The molecule has 0 heterocycles. The van der Waals surface area contributed by atoms with Crippen LogP contribution in [-0.2, 0) is 0 Å². The van der Waals surface area contributed by atoms with Crippen molar-refractivity contribution in [1.29, 1.82) is 0 Å². The highest BCUT2D eigenvalue weighted by Crippen LogP contribution is 2.28. The van der Waals surface area contributed by atoms with Crippen LogP contribution in [0.2, 0.25) is 0 Å². The van der Waals surface area contributed by atoms with Crippen molar-refractivity contribution in [3.05, 3.63) is 12.3 Å². The zero-order valence-corrected chi connectivity index (χ0v) is 6.47. The molecule has 0 bridgehead atoms. The Labute approximate surface area is 62.8 Å². The van der Waals surface area contributed by atoms with Gasteiger partial charge in [-0.25, -0.2) is 0 Å². The molecule has 1 rings (SSSR count). The molecule has 0 spiro atoms. The zero-order chi connectivity index (χ0) is 7.40. The lowest BCUT2D eigenvalue weighted by Gasteiger charge is -2.06. The summed E-state index contributed by atoms with van der Waals surface area (Å²) < 4.78 is 0. The van der Waals surface area contributed by atoms with Crippen LogP contribution in [0, 0.1) is 5.92 Å². The van der Waals surface area contributed by atoms with Crippen molar-refractivity contribution in [3.63, 3.8) is 0 Å². The van der Waals surface area contributed by atoms with Crippen LogP contribution in [0.1, 0.15) is 38.5 Å². The molecule has 0 aromatic heterocycles. The number of hydrogen-bond acceptors (Lipinski definition) is 1. The normalized spacial score (nSPS) is 19.6. The molecule has 1 heteroatoms. The van der Waals surface area contributed by atoms with Crippen LogP contribution < -0.4 is 0 Å². The first-order chi connectivity index (χ1) is 4.79. The second kappa shape index (κ2) is 3.65. The van der Waals surface area contributed by atoms with Gasteiger partial charge in [-0.1, -0.05) is 32.3 Å². The van der Waals surface area contributed by atoms with E-state index in [2.05, 4.69) is 6.58 Å². The van der Waals surface area contributed by atoms with Crippen LogP contribution in [-0.4, -0.2) is 5.11 Å². The molecule has 0 atom stereocenters. The van der Waals surface area contributed by atoms with E-state index in [1.807, 2.05) is 0 Å². The Morgan fingerprint density at radius 1 is 1.40 bits per heavy atom. The molecule has 0 amide bonds.